The zero-order valence-electron chi connectivity index (χ0n) is 17.7. The smallest absolute Gasteiger partial charge is 0.325 e. The summed E-state index contributed by atoms with van der Waals surface area (Å²) in [7, 11) is 1.61. The maximum atomic E-state index is 12.5. The van der Waals surface area contributed by atoms with Gasteiger partial charge in [-0.3, -0.25) is 10.1 Å². The summed E-state index contributed by atoms with van der Waals surface area (Å²) < 4.78 is 6.76. The number of amides is 3. The first kappa shape index (κ1) is 22.3. The van der Waals surface area contributed by atoms with Gasteiger partial charge >= 0.3 is 6.03 Å². The number of thioether (sulfide) groups is 1. The van der Waals surface area contributed by atoms with Gasteiger partial charge in [-0.15, -0.1) is 5.10 Å². The highest BCUT2D eigenvalue weighted by molar-refractivity contribution is 8.00. The van der Waals surface area contributed by atoms with Gasteiger partial charge < -0.3 is 10.1 Å². The van der Waals surface area contributed by atoms with Crippen LogP contribution in [-0.4, -0.2) is 44.5 Å². The van der Waals surface area contributed by atoms with Crippen LogP contribution >= 0.6 is 11.8 Å². The normalized spacial score (nSPS) is 11.6. The zero-order chi connectivity index (χ0) is 22.4. The van der Waals surface area contributed by atoms with Crippen LogP contribution in [0.5, 0.6) is 5.75 Å². The van der Waals surface area contributed by atoms with Crippen LogP contribution in [-0.2, 0) is 11.3 Å². The number of urea groups is 1. The summed E-state index contributed by atoms with van der Waals surface area (Å²) in [5, 5.41) is 16.7. The molecular formula is C21H24N6O3S. The minimum Gasteiger partial charge on any atom is -0.497 e. The second kappa shape index (κ2) is 10.1. The molecule has 31 heavy (non-hydrogen) atoms. The van der Waals surface area contributed by atoms with Crippen molar-refractivity contribution >= 4 is 29.4 Å². The molecule has 2 aromatic carbocycles. The van der Waals surface area contributed by atoms with Gasteiger partial charge in [0.05, 0.1) is 18.9 Å². The number of hydrogen-bond donors (Lipinski definition) is 2. The summed E-state index contributed by atoms with van der Waals surface area (Å²) in [5.74, 6) is 0.325. The third-order valence-electron chi connectivity index (χ3n) is 4.51. The molecule has 0 saturated carbocycles. The number of benzene rings is 2. The Morgan fingerprint density at radius 3 is 2.58 bits per heavy atom. The van der Waals surface area contributed by atoms with E-state index in [1.807, 2.05) is 50.2 Å². The highest BCUT2D eigenvalue weighted by atomic mass is 32.2. The Balaban J connectivity index is 1.57. The molecule has 0 unspecified atom stereocenters. The number of carbonyl (C=O) groups is 2. The first-order valence-corrected chi connectivity index (χ1v) is 10.5. The molecule has 0 aliphatic rings. The van der Waals surface area contributed by atoms with E-state index in [9.17, 15) is 9.59 Å². The Morgan fingerprint density at radius 1 is 1.16 bits per heavy atom. The molecular weight excluding hydrogens is 416 g/mol. The van der Waals surface area contributed by atoms with Crippen molar-refractivity contribution in [1.82, 2.24) is 25.5 Å². The number of anilines is 1. The van der Waals surface area contributed by atoms with Crippen LogP contribution in [0.4, 0.5) is 10.5 Å². The van der Waals surface area contributed by atoms with Crippen LogP contribution < -0.4 is 15.4 Å². The number of hydrogen-bond acceptors (Lipinski definition) is 7. The quantitative estimate of drug-likeness (QED) is 0.543. The van der Waals surface area contributed by atoms with E-state index in [0.717, 1.165) is 22.4 Å². The highest BCUT2D eigenvalue weighted by Gasteiger charge is 2.21. The molecule has 0 fully saturated rings. The number of rotatable bonds is 7. The molecule has 0 bridgehead atoms. The minimum atomic E-state index is -0.581. The monoisotopic (exact) mass is 440 g/mol. The fourth-order valence-electron chi connectivity index (χ4n) is 2.82. The van der Waals surface area contributed by atoms with Crippen LogP contribution in [0.1, 0.15) is 23.6 Å². The molecule has 0 aliphatic carbocycles. The lowest BCUT2D eigenvalue weighted by atomic mass is 10.1. The van der Waals surface area contributed by atoms with Crippen molar-refractivity contribution in [2.24, 2.45) is 0 Å². The summed E-state index contributed by atoms with van der Waals surface area (Å²) in [6, 6.07) is 12.6. The van der Waals surface area contributed by atoms with Gasteiger partial charge in [-0.25, -0.2) is 9.48 Å². The molecule has 0 saturated heterocycles. The standard InChI is InChI=1S/C21H24N6O3S/c1-13-5-10-18(14(2)11-13)22-20(29)23-19(28)15(3)31-21-24-25-26-27(21)12-16-6-8-17(30-4)9-7-16/h5-11,15H,12H2,1-4H3,(H2,22,23,28,29)/t15-/m1/s1. The number of nitrogens with zero attached hydrogens (tertiary/aromatic N) is 4. The SMILES string of the molecule is COc1ccc(Cn2nnnc2S[C@H](C)C(=O)NC(=O)Nc2ccc(C)cc2C)cc1. The summed E-state index contributed by atoms with van der Waals surface area (Å²) in [6.45, 7) is 6.00. The van der Waals surface area contributed by atoms with Gasteiger partial charge in [-0.1, -0.05) is 41.6 Å². The number of tetrazole rings is 1. The molecule has 3 rings (SSSR count). The average molecular weight is 441 g/mol. The minimum absolute atomic E-state index is 0.439. The summed E-state index contributed by atoms with van der Waals surface area (Å²) in [5.41, 5.74) is 3.65. The number of ether oxygens (including phenoxy) is 1. The first-order chi connectivity index (χ1) is 14.9. The van der Waals surface area contributed by atoms with Crippen molar-refractivity contribution in [1.29, 1.82) is 0 Å². The zero-order valence-corrected chi connectivity index (χ0v) is 18.6. The molecule has 3 amide bonds. The Labute approximate surface area is 184 Å². The van der Waals surface area contributed by atoms with Crippen molar-refractivity contribution in [3.8, 4) is 5.75 Å². The van der Waals surface area contributed by atoms with E-state index in [2.05, 4.69) is 26.2 Å². The van der Waals surface area contributed by atoms with Gasteiger partial charge in [0.25, 0.3) is 0 Å². The molecule has 1 atom stereocenters. The van der Waals surface area contributed by atoms with E-state index >= 15 is 0 Å². The first-order valence-electron chi connectivity index (χ1n) is 9.60. The van der Waals surface area contributed by atoms with Crippen LogP contribution in [0.2, 0.25) is 0 Å². The molecule has 1 aromatic heterocycles. The molecule has 3 aromatic rings. The number of aryl methyl sites for hydroxylation is 2. The van der Waals surface area contributed by atoms with Gasteiger partial charge in [0.15, 0.2) is 0 Å². The van der Waals surface area contributed by atoms with E-state index in [1.165, 1.54) is 11.8 Å². The van der Waals surface area contributed by atoms with Gasteiger partial charge in [-0.05, 0) is 60.5 Å². The Kier molecular flexibility index (Phi) is 7.24. The molecule has 0 radical (unpaired) electrons. The second-order valence-corrected chi connectivity index (χ2v) is 8.30. The van der Waals surface area contributed by atoms with Crippen LogP contribution in [0.3, 0.4) is 0 Å². The Morgan fingerprint density at radius 2 is 1.90 bits per heavy atom. The molecule has 162 valence electrons. The molecule has 1 heterocycles. The maximum Gasteiger partial charge on any atom is 0.325 e. The largest absolute Gasteiger partial charge is 0.497 e. The number of methoxy groups -OCH3 is 1. The third-order valence-corrected chi connectivity index (χ3v) is 5.58. The van der Waals surface area contributed by atoms with Gasteiger partial charge in [0.2, 0.25) is 11.1 Å². The average Bonchev–Trinajstić information content (AvgIpc) is 3.17. The Bertz CT molecular complexity index is 1070. The molecule has 2 N–H and O–H groups in total. The van der Waals surface area contributed by atoms with Crippen LogP contribution in [0.15, 0.2) is 47.6 Å². The lowest BCUT2D eigenvalue weighted by Gasteiger charge is -2.13. The predicted molar refractivity (Wildman–Crippen MR) is 118 cm³/mol. The topological polar surface area (TPSA) is 111 Å². The van der Waals surface area contributed by atoms with E-state index in [-0.39, 0.29) is 0 Å². The van der Waals surface area contributed by atoms with Gasteiger partial charge in [-0.2, -0.15) is 0 Å². The lowest BCUT2D eigenvalue weighted by Crippen LogP contribution is -2.39. The van der Waals surface area contributed by atoms with Gasteiger partial charge in [0, 0.05) is 5.69 Å². The molecule has 9 nitrogen and oxygen atoms in total. The summed E-state index contributed by atoms with van der Waals surface area (Å²) >= 11 is 1.18. The van der Waals surface area contributed by atoms with Crippen molar-refractivity contribution in [3.63, 3.8) is 0 Å². The number of imide groups is 1. The lowest BCUT2D eigenvalue weighted by molar-refractivity contribution is -0.119. The fourth-order valence-corrected chi connectivity index (χ4v) is 3.61. The molecule has 0 aliphatic heterocycles. The fraction of sp³-hybridized carbons (Fsp3) is 0.286. The predicted octanol–water partition coefficient (Wildman–Crippen LogP) is 3.18. The van der Waals surface area contributed by atoms with E-state index in [1.54, 1.807) is 24.8 Å². The highest BCUT2D eigenvalue weighted by Crippen LogP contribution is 2.22. The van der Waals surface area contributed by atoms with E-state index in [0.29, 0.717) is 17.4 Å². The summed E-state index contributed by atoms with van der Waals surface area (Å²) in [4.78, 5) is 24.7. The van der Waals surface area contributed by atoms with Crippen LogP contribution in [0, 0.1) is 13.8 Å². The van der Waals surface area contributed by atoms with Crippen molar-refractivity contribution in [2.75, 3.05) is 12.4 Å². The van der Waals surface area contributed by atoms with Crippen LogP contribution in [0.25, 0.3) is 0 Å². The maximum absolute atomic E-state index is 12.5. The molecule has 0 spiro atoms. The summed E-state index contributed by atoms with van der Waals surface area (Å²) in [6.07, 6.45) is 0. The van der Waals surface area contributed by atoms with Crippen molar-refractivity contribution in [2.45, 2.75) is 37.7 Å². The van der Waals surface area contributed by atoms with Gasteiger partial charge in [0.1, 0.15) is 5.75 Å². The number of carbonyl (C=O) groups excluding carboxylic acids is 2. The van der Waals surface area contributed by atoms with Crippen molar-refractivity contribution < 1.29 is 14.3 Å². The second-order valence-electron chi connectivity index (χ2n) is 6.99. The Hall–Kier alpha value is -3.40. The van der Waals surface area contributed by atoms with Crippen molar-refractivity contribution in [3.05, 3.63) is 59.2 Å². The van der Waals surface area contributed by atoms with E-state index in [4.69, 9.17) is 4.74 Å². The number of aromatic nitrogens is 4. The van der Waals surface area contributed by atoms with E-state index < -0.39 is 17.2 Å². The molecule has 10 heteroatoms. The number of nitrogens with one attached hydrogen (secondary N) is 2. The third kappa shape index (κ3) is 6.05.